The summed E-state index contributed by atoms with van der Waals surface area (Å²) in [6.45, 7) is 4.81. The predicted molar refractivity (Wildman–Crippen MR) is 96.6 cm³/mol. The van der Waals surface area contributed by atoms with Crippen LogP contribution in [0.3, 0.4) is 0 Å². The molecule has 2 spiro atoms. The fourth-order valence-electron chi connectivity index (χ4n) is 9.12. The van der Waals surface area contributed by atoms with Gasteiger partial charge in [0.15, 0.2) is 5.78 Å². The topological polar surface area (TPSA) is 55.9 Å². The summed E-state index contributed by atoms with van der Waals surface area (Å²) in [5.41, 5.74) is 1.24. The maximum atomic E-state index is 12.2. The molecular weight excluding hydrogens is 340 g/mol. The van der Waals surface area contributed by atoms with Gasteiger partial charge in [0.05, 0.1) is 6.10 Å². The zero-order chi connectivity index (χ0) is 18.4. The average Bonchev–Trinajstić information content (AvgIpc) is 3.49. The highest BCUT2D eigenvalue weighted by molar-refractivity contribution is 5.92. The molecule has 7 rings (SSSR count). The van der Waals surface area contributed by atoms with Crippen LogP contribution in [-0.4, -0.2) is 29.1 Å². The standard InChI is InChI=1S/C23H28O4/c1-20-6-3-12(24)9-16(20)13-10-14(13)19-15-4-7-22(8-5-18(25)27-22)21(15,2)11-17-23(19,20)26-17/h9,13-15,17,19H,3-8,10-11H2,1-2H3/t13?,14?,15?,17-,19?,20?,21?,22+,23?/m0/s1. The molecule has 0 amide bonds. The molecule has 7 aliphatic rings. The summed E-state index contributed by atoms with van der Waals surface area (Å²) in [6, 6.07) is 0. The number of epoxide rings is 1. The molecule has 2 heterocycles. The van der Waals surface area contributed by atoms with E-state index in [0.717, 1.165) is 25.7 Å². The molecule has 4 nitrogen and oxygen atoms in total. The van der Waals surface area contributed by atoms with Gasteiger partial charge < -0.3 is 9.47 Å². The Morgan fingerprint density at radius 3 is 2.74 bits per heavy atom. The van der Waals surface area contributed by atoms with Crippen LogP contribution in [0.15, 0.2) is 11.6 Å². The van der Waals surface area contributed by atoms with Crippen LogP contribution < -0.4 is 0 Å². The van der Waals surface area contributed by atoms with Gasteiger partial charge in [-0.15, -0.1) is 0 Å². The van der Waals surface area contributed by atoms with Gasteiger partial charge in [-0.25, -0.2) is 0 Å². The summed E-state index contributed by atoms with van der Waals surface area (Å²) >= 11 is 0. The van der Waals surface area contributed by atoms with Gasteiger partial charge in [0.2, 0.25) is 0 Å². The minimum Gasteiger partial charge on any atom is -0.458 e. The molecule has 0 bridgehead atoms. The highest BCUT2D eigenvalue weighted by Crippen LogP contribution is 2.82. The molecule has 6 fully saturated rings. The van der Waals surface area contributed by atoms with Gasteiger partial charge in [0.1, 0.15) is 11.2 Å². The van der Waals surface area contributed by atoms with Crippen LogP contribution in [0.2, 0.25) is 0 Å². The second kappa shape index (κ2) is 4.22. The minimum absolute atomic E-state index is 0.00124. The molecule has 144 valence electrons. The Bertz CT molecular complexity index is 845. The van der Waals surface area contributed by atoms with E-state index in [2.05, 4.69) is 13.8 Å². The van der Waals surface area contributed by atoms with E-state index in [0.29, 0.717) is 42.3 Å². The number of fused-ring (bicyclic) bond motifs is 7. The number of ketones is 1. The quantitative estimate of drug-likeness (QED) is 0.484. The second-order valence-electron chi connectivity index (χ2n) is 11.1. The van der Waals surface area contributed by atoms with Crippen molar-refractivity contribution >= 4 is 11.8 Å². The maximum Gasteiger partial charge on any atom is 0.306 e. The van der Waals surface area contributed by atoms with Crippen molar-refractivity contribution in [3.8, 4) is 0 Å². The molecule has 0 radical (unpaired) electrons. The van der Waals surface area contributed by atoms with Crippen LogP contribution in [0.25, 0.3) is 0 Å². The smallest absolute Gasteiger partial charge is 0.306 e. The number of rotatable bonds is 0. The van der Waals surface area contributed by atoms with Crippen molar-refractivity contribution in [2.24, 2.45) is 34.5 Å². The molecule has 27 heavy (non-hydrogen) atoms. The van der Waals surface area contributed by atoms with Crippen molar-refractivity contribution in [1.29, 1.82) is 0 Å². The van der Waals surface area contributed by atoms with Gasteiger partial charge in [-0.2, -0.15) is 0 Å². The lowest BCUT2D eigenvalue weighted by Crippen LogP contribution is -2.60. The summed E-state index contributed by atoms with van der Waals surface area (Å²) in [6.07, 6.45) is 9.85. The van der Waals surface area contributed by atoms with E-state index in [-0.39, 0.29) is 34.1 Å². The second-order valence-corrected chi connectivity index (χ2v) is 11.1. The lowest BCUT2D eigenvalue weighted by Gasteiger charge is -2.56. The number of carbonyl (C=O) groups is 2. The molecule has 2 saturated heterocycles. The zero-order valence-electron chi connectivity index (χ0n) is 16.3. The van der Waals surface area contributed by atoms with E-state index >= 15 is 0 Å². The molecule has 0 N–H and O–H groups in total. The summed E-state index contributed by atoms with van der Waals surface area (Å²) < 4.78 is 12.8. The molecule has 4 heteroatoms. The third-order valence-electron chi connectivity index (χ3n) is 10.4. The van der Waals surface area contributed by atoms with Gasteiger partial charge in [-0.1, -0.05) is 19.4 Å². The normalized spacial score (nSPS) is 62.0. The number of carbonyl (C=O) groups excluding carboxylic acids is 2. The Morgan fingerprint density at radius 1 is 1.11 bits per heavy atom. The van der Waals surface area contributed by atoms with Crippen LogP contribution in [-0.2, 0) is 19.1 Å². The summed E-state index contributed by atoms with van der Waals surface area (Å²) in [5, 5.41) is 0. The van der Waals surface area contributed by atoms with E-state index in [9.17, 15) is 9.59 Å². The summed E-state index contributed by atoms with van der Waals surface area (Å²) in [5.74, 6) is 2.77. The summed E-state index contributed by atoms with van der Waals surface area (Å²) in [7, 11) is 0. The van der Waals surface area contributed by atoms with E-state index in [1.807, 2.05) is 6.08 Å². The van der Waals surface area contributed by atoms with Crippen molar-refractivity contribution in [2.45, 2.75) is 82.5 Å². The third-order valence-corrected chi connectivity index (χ3v) is 10.4. The molecular formula is C23H28O4. The number of hydrogen-bond donors (Lipinski definition) is 0. The summed E-state index contributed by atoms with van der Waals surface area (Å²) in [4.78, 5) is 24.2. The molecule has 4 saturated carbocycles. The highest BCUT2D eigenvalue weighted by atomic mass is 16.6. The monoisotopic (exact) mass is 368 g/mol. The molecule has 0 aromatic rings. The Labute approximate surface area is 160 Å². The Hall–Kier alpha value is -1.16. The Balaban J connectivity index is 1.36. The molecule has 2 aliphatic heterocycles. The third kappa shape index (κ3) is 1.47. The predicted octanol–water partition coefficient (Wildman–Crippen LogP) is 3.58. The molecule has 0 aromatic carbocycles. The number of esters is 1. The molecule has 0 aromatic heterocycles. The van der Waals surface area contributed by atoms with Gasteiger partial charge >= 0.3 is 5.97 Å². The largest absolute Gasteiger partial charge is 0.458 e. The number of ether oxygens (including phenoxy) is 2. The first-order valence-corrected chi connectivity index (χ1v) is 11.0. The fourth-order valence-corrected chi connectivity index (χ4v) is 9.12. The van der Waals surface area contributed by atoms with E-state index in [1.54, 1.807) is 0 Å². The van der Waals surface area contributed by atoms with Crippen molar-refractivity contribution in [3.05, 3.63) is 11.6 Å². The van der Waals surface area contributed by atoms with Crippen LogP contribution in [0.4, 0.5) is 0 Å². The lowest BCUT2D eigenvalue weighted by atomic mass is 9.46. The number of hydrogen-bond acceptors (Lipinski definition) is 4. The highest BCUT2D eigenvalue weighted by Gasteiger charge is 2.85. The first-order valence-electron chi connectivity index (χ1n) is 11.0. The van der Waals surface area contributed by atoms with E-state index in [1.165, 1.54) is 18.4 Å². The van der Waals surface area contributed by atoms with Gasteiger partial charge in [-0.05, 0) is 68.3 Å². The van der Waals surface area contributed by atoms with E-state index in [4.69, 9.17) is 9.47 Å². The maximum absolute atomic E-state index is 12.2. The Morgan fingerprint density at radius 2 is 1.96 bits per heavy atom. The van der Waals surface area contributed by atoms with Crippen LogP contribution >= 0.6 is 0 Å². The van der Waals surface area contributed by atoms with Gasteiger partial charge in [0.25, 0.3) is 0 Å². The van der Waals surface area contributed by atoms with Crippen LogP contribution in [0, 0.1) is 34.5 Å². The van der Waals surface area contributed by atoms with Crippen molar-refractivity contribution < 1.29 is 19.1 Å². The fraction of sp³-hybridized carbons (Fsp3) is 0.826. The minimum atomic E-state index is -0.239. The van der Waals surface area contributed by atoms with Crippen molar-refractivity contribution in [2.75, 3.05) is 0 Å². The van der Waals surface area contributed by atoms with Crippen molar-refractivity contribution in [1.82, 2.24) is 0 Å². The van der Waals surface area contributed by atoms with Crippen molar-refractivity contribution in [3.63, 3.8) is 0 Å². The SMILES string of the molecule is CC12CCC(=O)C=C1C1CC1C1C3CC[C@@]4(CCC(=O)O4)C3(C)C[C@@H]3OC132. The lowest BCUT2D eigenvalue weighted by molar-refractivity contribution is -0.164. The Kier molecular flexibility index (Phi) is 2.46. The van der Waals surface area contributed by atoms with Crippen LogP contribution in [0.1, 0.15) is 65.2 Å². The van der Waals surface area contributed by atoms with E-state index < -0.39 is 0 Å². The average molecular weight is 368 g/mol. The zero-order valence-corrected chi connectivity index (χ0v) is 16.3. The molecule has 9 atom stereocenters. The first kappa shape index (κ1) is 15.7. The van der Waals surface area contributed by atoms with Gasteiger partial charge in [0, 0.05) is 23.7 Å². The van der Waals surface area contributed by atoms with Crippen LogP contribution in [0.5, 0.6) is 0 Å². The molecule has 5 aliphatic carbocycles. The van der Waals surface area contributed by atoms with Gasteiger partial charge in [-0.3, -0.25) is 9.59 Å². The molecule has 7 unspecified atom stereocenters. The first-order chi connectivity index (χ1) is 12.8.